The van der Waals surface area contributed by atoms with Gasteiger partial charge in [-0.25, -0.2) is 4.98 Å². The van der Waals surface area contributed by atoms with E-state index in [9.17, 15) is 4.79 Å². The third-order valence-electron chi connectivity index (χ3n) is 6.68. The molecule has 1 aromatic carbocycles. The molecule has 2 aliphatic heterocycles. The Kier molecular flexibility index (Phi) is 3.66. The van der Waals surface area contributed by atoms with Gasteiger partial charge in [0.15, 0.2) is 0 Å². The molecule has 6 rings (SSSR count). The van der Waals surface area contributed by atoms with Crippen molar-refractivity contribution in [2.75, 3.05) is 0 Å². The summed E-state index contributed by atoms with van der Waals surface area (Å²) in [4.78, 5) is 20.2. The SMILES string of the molecule is Cn1nc2c(c1-c1ccccc1)C[C@@H]1CC[C@H]2N1C(=O)c1cn(C)c2ncccc12. The number of benzene rings is 1. The lowest BCUT2D eigenvalue weighted by atomic mass is 9.94. The number of aryl methyl sites for hydroxylation is 2. The lowest BCUT2D eigenvalue weighted by molar-refractivity contribution is 0.0644. The second-order valence-corrected chi connectivity index (χ2v) is 8.39. The summed E-state index contributed by atoms with van der Waals surface area (Å²) in [5.41, 5.74) is 6.32. The van der Waals surface area contributed by atoms with Crippen molar-refractivity contribution in [3.05, 3.63) is 71.7 Å². The monoisotopic (exact) mass is 397 g/mol. The fourth-order valence-corrected chi connectivity index (χ4v) is 5.43. The standard InChI is InChI=1S/C24H23N5O/c1-27-14-19(17-9-6-12-25-23(17)27)24(30)29-16-10-11-20(29)21-18(13-16)22(28(2)26-21)15-7-4-3-5-8-15/h3-9,12,14,16,20H,10-11,13H2,1-2H3/t16-,20+/m0/s1. The van der Waals surface area contributed by atoms with E-state index in [1.807, 2.05) is 47.7 Å². The molecular weight excluding hydrogens is 374 g/mol. The van der Waals surface area contributed by atoms with Crippen LogP contribution in [0.2, 0.25) is 0 Å². The maximum absolute atomic E-state index is 13.7. The van der Waals surface area contributed by atoms with Gasteiger partial charge in [-0.05, 0) is 31.4 Å². The number of amides is 1. The maximum atomic E-state index is 13.7. The third kappa shape index (κ3) is 2.33. The summed E-state index contributed by atoms with van der Waals surface area (Å²) < 4.78 is 3.93. The molecule has 2 aliphatic rings. The van der Waals surface area contributed by atoms with Gasteiger partial charge in [-0.2, -0.15) is 5.10 Å². The summed E-state index contributed by atoms with van der Waals surface area (Å²) in [7, 11) is 3.96. The molecule has 150 valence electrons. The summed E-state index contributed by atoms with van der Waals surface area (Å²) in [6.07, 6.45) is 6.54. The average Bonchev–Trinajstić information content (AvgIpc) is 3.40. The topological polar surface area (TPSA) is 56.0 Å². The van der Waals surface area contributed by atoms with Crippen molar-refractivity contribution in [1.29, 1.82) is 0 Å². The molecule has 0 aliphatic carbocycles. The van der Waals surface area contributed by atoms with Crippen LogP contribution in [0.4, 0.5) is 0 Å². The molecule has 3 aromatic heterocycles. The van der Waals surface area contributed by atoms with Crippen LogP contribution in [0, 0.1) is 0 Å². The molecule has 6 nitrogen and oxygen atoms in total. The number of hydrogen-bond donors (Lipinski definition) is 0. The number of aromatic nitrogens is 4. The van der Waals surface area contributed by atoms with Crippen molar-refractivity contribution in [3.8, 4) is 11.3 Å². The smallest absolute Gasteiger partial charge is 0.256 e. The molecule has 0 saturated carbocycles. The van der Waals surface area contributed by atoms with Crippen molar-refractivity contribution in [2.45, 2.75) is 31.3 Å². The number of carbonyl (C=O) groups excluding carboxylic acids is 1. The van der Waals surface area contributed by atoms with E-state index in [0.717, 1.165) is 41.6 Å². The van der Waals surface area contributed by atoms with Crippen LogP contribution >= 0.6 is 0 Å². The molecule has 4 aromatic rings. The Labute approximate surface area is 174 Å². The Morgan fingerprint density at radius 2 is 1.90 bits per heavy atom. The van der Waals surface area contributed by atoms with Crippen LogP contribution in [0.5, 0.6) is 0 Å². The van der Waals surface area contributed by atoms with E-state index < -0.39 is 0 Å². The summed E-state index contributed by atoms with van der Waals surface area (Å²) in [6.45, 7) is 0. The third-order valence-corrected chi connectivity index (χ3v) is 6.68. The van der Waals surface area contributed by atoms with Crippen LogP contribution < -0.4 is 0 Å². The van der Waals surface area contributed by atoms with Crippen molar-refractivity contribution >= 4 is 16.9 Å². The molecule has 0 unspecified atom stereocenters. The van der Waals surface area contributed by atoms with Gasteiger partial charge >= 0.3 is 0 Å². The van der Waals surface area contributed by atoms with Gasteiger partial charge in [0.25, 0.3) is 5.91 Å². The van der Waals surface area contributed by atoms with E-state index in [1.54, 1.807) is 6.20 Å². The van der Waals surface area contributed by atoms with Crippen LogP contribution in [0.3, 0.4) is 0 Å². The van der Waals surface area contributed by atoms with Crippen LogP contribution in [-0.2, 0) is 20.5 Å². The second kappa shape index (κ2) is 6.29. The molecular formula is C24H23N5O. The first-order valence-corrected chi connectivity index (χ1v) is 10.5. The Morgan fingerprint density at radius 3 is 2.73 bits per heavy atom. The number of hydrogen-bond acceptors (Lipinski definition) is 3. The van der Waals surface area contributed by atoms with Gasteiger partial charge in [0.1, 0.15) is 5.65 Å². The fourth-order valence-electron chi connectivity index (χ4n) is 5.43. The summed E-state index contributed by atoms with van der Waals surface area (Å²) >= 11 is 0. The number of carbonyl (C=O) groups is 1. The molecule has 6 heteroatoms. The van der Waals surface area contributed by atoms with Crippen molar-refractivity contribution in [1.82, 2.24) is 24.2 Å². The zero-order valence-corrected chi connectivity index (χ0v) is 17.1. The number of rotatable bonds is 2. The van der Waals surface area contributed by atoms with Gasteiger partial charge in [0.2, 0.25) is 0 Å². The molecule has 5 heterocycles. The average molecular weight is 397 g/mol. The molecule has 0 spiro atoms. The van der Waals surface area contributed by atoms with Crippen molar-refractivity contribution in [2.24, 2.45) is 14.1 Å². The number of fused-ring (bicyclic) bond motifs is 5. The van der Waals surface area contributed by atoms with Crippen molar-refractivity contribution in [3.63, 3.8) is 0 Å². The Hall–Kier alpha value is -3.41. The minimum absolute atomic E-state index is 0.0434. The highest BCUT2D eigenvalue weighted by molar-refractivity contribution is 6.06. The molecule has 0 N–H and O–H groups in total. The maximum Gasteiger partial charge on any atom is 0.256 e. The largest absolute Gasteiger partial charge is 0.335 e. The summed E-state index contributed by atoms with van der Waals surface area (Å²) in [6, 6.07) is 14.6. The highest BCUT2D eigenvalue weighted by Crippen LogP contribution is 2.46. The number of nitrogens with zero attached hydrogens (tertiary/aromatic N) is 5. The van der Waals surface area contributed by atoms with Crippen LogP contribution in [0.1, 0.15) is 40.5 Å². The normalized spacial score (nSPS) is 20.0. The van der Waals surface area contributed by atoms with Gasteiger partial charge in [0.05, 0.1) is 23.0 Å². The van der Waals surface area contributed by atoms with Gasteiger partial charge in [0, 0.05) is 49.0 Å². The second-order valence-electron chi connectivity index (χ2n) is 8.39. The van der Waals surface area contributed by atoms with Crippen LogP contribution in [0.15, 0.2) is 54.9 Å². The first kappa shape index (κ1) is 17.4. The molecule has 0 radical (unpaired) electrons. The molecule has 30 heavy (non-hydrogen) atoms. The van der Waals surface area contributed by atoms with Gasteiger partial charge < -0.3 is 9.47 Å². The van der Waals surface area contributed by atoms with Gasteiger partial charge in [-0.15, -0.1) is 0 Å². The quantitative estimate of drug-likeness (QED) is 0.516. The highest BCUT2D eigenvalue weighted by atomic mass is 16.2. The minimum Gasteiger partial charge on any atom is -0.335 e. The fraction of sp³-hybridized carbons (Fsp3) is 0.292. The lowest BCUT2D eigenvalue weighted by Crippen LogP contribution is -2.41. The Morgan fingerprint density at radius 1 is 1.07 bits per heavy atom. The van der Waals surface area contributed by atoms with E-state index in [1.165, 1.54) is 16.8 Å². The Balaban J connectivity index is 1.44. The van der Waals surface area contributed by atoms with E-state index in [-0.39, 0.29) is 18.0 Å². The van der Waals surface area contributed by atoms with E-state index >= 15 is 0 Å². The van der Waals surface area contributed by atoms with Gasteiger partial charge in [-0.1, -0.05) is 30.3 Å². The first-order chi connectivity index (χ1) is 14.6. The summed E-state index contributed by atoms with van der Waals surface area (Å²) in [5, 5.41) is 5.82. The van der Waals surface area contributed by atoms with Gasteiger partial charge in [-0.3, -0.25) is 9.48 Å². The lowest BCUT2D eigenvalue weighted by Gasteiger charge is -2.34. The zero-order valence-electron chi connectivity index (χ0n) is 17.1. The van der Waals surface area contributed by atoms with Crippen molar-refractivity contribution < 1.29 is 4.79 Å². The van der Waals surface area contributed by atoms with E-state index in [4.69, 9.17) is 5.10 Å². The number of pyridine rings is 1. The molecule has 2 atom stereocenters. The zero-order chi connectivity index (χ0) is 20.4. The minimum atomic E-state index is 0.0434. The van der Waals surface area contributed by atoms with Crippen LogP contribution in [-0.4, -0.2) is 36.2 Å². The predicted molar refractivity (Wildman–Crippen MR) is 115 cm³/mol. The van der Waals surface area contributed by atoms with Crippen LogP contribution in [0.25, 0.3) is 22.3 Å². The summed E-state index contributed by atoms with van der Waals surface area (Å²) in [5.74, 6) is 0.0960. The predicted octanol–water partition coefficient (Wildman–Crippen LogP) is 3.88. The highest BCUT2D eigenvalue weighted by Gasteiger charge is 2.46. The Bertz CT molecular complexity index is 1290. The van der Waals surface area contributed by atoms with E-state index in [0.29, 0.717) is 0 Å². The van der Waals surface area contributed by atoms with E-state index in [2.05, 4.69) is 34.1 Å². The molecule has 2 bridgehead atoms. The molecule has 1 amide bonds. The molecule has 1 fully saturated rings. The first-order valence-electron chi connectivity index (χ1n) is 10.5. The molecule has 1 saturated heterocycles.